The van der Waals surface area contributed by atoms with Gasteiger partial charge in [0.05, 0.1) is 11.4 Å². The minimum absolute atomic E-state index is 0.355. The molecule has 0 saturated heterocycles. The van der Waals surface area contributed by atoms with Crippen LogP contribution in [0, 0.1) is 5.92 Å². The number of pyridine rings is 1. The summed E-state index contributed by atoms with van der Waals surface area (Å²) in [6.45, 7) is 5.14. The number of hydrogen-bond donors (Lipinski definition) is 2. The molecule has 0 fully saturated rings. The van der Waals surface area contributed by atoms with E-state index in [1.54, 1.807) is 6.20 Å². The average molecular weight is 200 g/mol. The van der Waals surface area contributed by atoms with Crippen LogP contribution in [0.1, 0.15) is 13.8 Å². The van der Waals surface area contributed by atoms with Gasteiger partial charge in [-0.25, -0.2) is 4.98 Å². The number of nitrogens with zero attached hydrogens (tertiary/aromatic N) is 1. The van der Waals surface area contributed by atoms with E-state index in [0.29, 0.717) is 16.8 Å². The van der Waals surface area contributed by atoms with Crippen molar-refractivity contribution < 1.29 is 0 Å². The summed E-state index contributed by atoms with van der Waals surface area (Å²) in [4.78, 5) is 3.87. The van der Waals surface area contributed by atoms with Crippen LogP contribution < -0.4 is 11.1 Å². The Bertz CT molecular complexity index is 286. The van der Waals surface area contributed by atoms with E-state index in [4.69, 9.17) is 17.3 Å². The minimum Gasteiger partial charge on any atom is -0.395 e. The number of hydrogen-bond acceptors (Lipinski definition) is 3. The molecule has 1 heterocycles. The van der Waals surface area contributed by atoms with Crippen molar-refractivity contribution in [3.8, 4) is 0 Å². The summed E-state index contributed by atoms with van der Waals surface area (Å²) in [7, 11) is 0. The van der Waals surface area contributed by atoms with Gasteiger partial charge in [0.1, 0.15) is 0 Å². The fraction of sp³-hybridized carbons (Fsp3) is 0.444. The molecule has 72 valence electrons. The van der Waals surface area contributed by atoms with Crippen molar-refractivity contribution in [3.05, 3.63) is 17.4 Å². The number of nitrogens with two attached hydrogens (primary N) is 1. The van der Waals surface area contributed by atoms with Crippen molar-refractivity contribution >= 4 is 23.0 Å². The number of aromatic nitrogens is 1. The molecule has 3 N–H and O–H groups in total. The van der Waals surface area contributed by atoms with Crippen LogP contribution in [-0.2, 0) is 0 Å². The largest absolute Gasteiger partial charge is 0.395 e. The third-order valence-corrected chi connectivity index (χ3v) is 1.94. The molecule has 0 aliphatic rings. The Morgan fingerprint density at radius 2 is 2.31 bits per heavy atom. The van der Waals surface area contributed by atoms with Crippen LogP contribution >= 0.6 is 11.6 Å². The van der Waals surface area contributed by atoms with E-state index < -0.39 is 0 Å². The van der Waals surface area contributed by atoms with E-state index in [9.17, 15) is 0 Å². The highest BCUT2D eigenvalue weighted by Gasteiger charge is 2.03. The molecule has 0 aliphatic carbocycles. The molecule has 0 saturated carbocycles. The molecule has 0 amide bonds. The number of nitrogens with one attached hydrogen (secondary N) is 1. The van der Waals surface area contributed by atoms with Crippen LogP contribution in [0.3, 0.4) is 0 Å². The molecule has 0 unspecified atom stereocenters. The fourth-order valence-electron chi connectivity index (χ4n) is 0.916. The molecule has 1 aromatic heterocycles. The standard InChI is InChI=1S/C9H14ClN3/c1-6(2)5-13-7-3-4-12-9(10)8(7)11/h3-4,6H,5,11H2,1-2H3,(H,12,13). The molecule has 0 atom stereocenters. The van der Waals surface area contributed by atoms with Gasteiger partial charge >= 0.3 is 0 Å². The Morgan fingerprint density at radius 1 is 1.62 bits per heavy atom. The molecule has 0 spiro atoms. The summed E-state index contributed by atoms with van der Waals surface area (Å²) < 4.78 is 0. The lowest BCUT2D eigenvalue weighted by molar-refractivity contribution is 0.689. The predicted molar refractivity (Wildman–Crippen MR) is 57.0 cm³/mol. The zero-order chi connectivity index (χ0) is 9.84. The summed E-state index contributed by atoms with van der Waals surface area (Å²) in [6.07, 6.45) is 1.64. The van der Waals surface area contributed by atoms with Crippen LogP contribution in [0.15, 0.2) is 12.3 Å². The van der Waals surface area contributed by atoms with Gasteiger partial charge in [0.25, 0.3) is 0 Å². The van der Waals surface area contributed by atoms with E-state index in [0.717, 1.165) is 12.2 Å². The maximum Gasteiger partial charge on any atom is 0.153 e. The van der Waals surface area contributed by atoms with E-state index in [2.05, 4.69) is 24.1 Å². The molecule has 1 aromatic rings. The van der Waals surface area contributed by atoms with Crippen LogP contribution in [0.4, 0.5) is 11.4 Å². The van der Waals surface area contributed by atoms with Gasteiger partial charge in [-0.05, 0) is 12.0 Å². The molecule has 3 nitrogen and oxygen atoms in total. The normalized spacial score (nSPS) is 10.5. The Morgan fingerprint density at radius 3 is 2.92 bits per heavy atom. The second-order valence-electron chi connectivity index (χ2n) is 3.34. The van der Waals surface area contributed by atoms with E-state index >= 15 is 0 Å². The first kappa shape index (κ1) is 10.1. The molecule has 1 rings (SSSR count). The fourth-order valence-corrected chi connectivity index (χ4v) is 1.07. The van der Waals surface area contributed by atoms with Gasteiger partial charge in [-0.2, -0.15) is 0 Å². The van der Waals surface area contributed by atoms with Crippen LogP contribution in [0.5, 0.6) is 0 Å². The maximum atomic E-state index is 5.75. The quantitative estimate of drug-likeness (QED) is 0.735. The first-order valence-electron chi connectivity index (χ1n) is 4.25. The van der Waals surface area contributed by atoms with Crippen molar-refractivity contribution in [1.82, 2.24) is 4.98 Å². The van der Waals surface area contributed by atoms with Crippen molar-refractivity contribution in [1.29, 1.82) is 0 Å². The average Bonchev–Trinajstić information content (AvgIpc) is 2.07. The lowest BCUT2D eigenvalue weighted by atomic mass is 10.2. The van der Waals surface area contributed by atoms with Crippen LogP contribution in [0.2, 0.25) is 5.15 Å². The Labute approximate surface area is 83.3 Å². The Kier molecular flexibility index (Phi) is 3.37. The third kappa shape index (κ3) is 2.77. The summed E-state index contributed by atoms with van der Waals surface area (Å²) >= 11 is 5.75. The molecule has 0 aromatic carbocycles. The first-order valence-corrected chi connectivity index (χ1v) is 4.63. The number of rotatable bonds is 3. The zero-order valence-electron chi connectivity index (χ0n) is 7.84. The number of anilines is 2. The summed E-state index contributed by atoms with van der Waals surface area (Å²) in [5.41, 5.74) is 7.09. The van der Waals surface area contributed by atoms with E-state index in [-0.39, 0.29) is 0 Å². The van der Waals surface area contributed by atoms with Crippen LogP contribution in [-0.4, -0.2) is 11.5 Å². The monoisotopic (exact) mass is 199 g/mol. The SMILES string of the molecule is CC(C)CNc1ccnc(Cl)c1N. The van der Waals surface area contributed by atoms with Gasteiger partial charge in [-0.1, -0.05) is 25.4 Å². The third-order valence-electron chi connectivity index (χ3n) is 1.64. The Balaban J connectivity index is 2.71. The molecular formula is C9H14ClN3. The molecule has 0 bridgehead atoms. The van der Waals surface area contributed by atoms with E-state index in [1.165, 1.54) is 0 Å². The summed E-state index contributed by atoms with van der Waals surface area (Å²) in [5, 5.41) is 3.56. The van der Waals surface area contributed by atoms with Crippen molar-refractivity contribution in [2.75, 3.05) is 17.6 Å². The maximum absolute atomic E-state index is 5.75. The highest BCUT2D eigenvalue weighted by atomic mass is 35.5. The minimum atomic E-state index is 0.355. The van der Waals surface area contributed by atoms with Crippen molar-refractivity contribution in [2.24, 2.45) is 5.92 Å². The van der Waals surface area contributed by atoms with Gasteiger partial charge in [-0.3, -0.25) is 0 Å². The highest BCUT2D eigenvalue weighted by molar-refractivity contribution is 6.32. The Hall–Kier alpha value is -0.960. The lowest BCUT2D eigenvalue weighted by Gasteiger charge is -2.11. The van der Waals surface area contributed by atoms with Gasteiger partial charge in [0, 0.05) is 12.7 Å². The number of nitrogen functional groups attached to an aromatic ring is 1. The van der Waals surface area contributed by atoms with Crippen molar-refractivity contribution in [2.45, 2.75) is 13.8 Å². The topological polar surface area (TPSA) is 50.9 Å². The van der Waals surface area contributed by atoms with Crippen molar-refractivity contribution in [3.63, 3.8) is 0 Å². The summed E-state index contributed by atoms with van der Waals surface area (Å²) in [6, 6.07) is 1.82. The molecule has 13 heavy (non-hydrogen) atoms. The van der Waals surface area contributed by atoms with Gasteiger partial charge in [0.2, 0.25) is 0 Å². The van der Waals surface area contributed by atoms with Crippen LogP contribution in [0.25, 0.3) is 0 Å². The predicted octanol–water partition coefficient (Wildman–Crippen LogP) is 2.39. The molecule has 0 aliphatic heterocycles. The molecule has 4 heteroatoms. The number of halogens is 1. The van der Waals surface area contributed by atoms with Gasteiger partial charge < -0.3 is 11.1 Å². The lowest BCUT2D eigenvalue weighted by Crippen LogP contribution is -2.09. The second kappa shape index (κ2) is 4.33. The van der Waals surface area contributed by atoms with Gasteiger partial charge in [-0.15, -0.1) is 0 Å². The zero-order valence-corrected chi connectivity index (χ0v) is 8.60. The molecule has 0 radical (unpaired) electrons. The smallest absolute Gasteiger partial charge is 0.153 e. The second-order valence-corrected chi connectivity index (χ2v) is 3.70. The van der Waals surface area contributed by atoms with Gasteiger partial charge in [0.15, 0.2) is 5.15 Å². The van der Waals surface area contributed by atoms with E-state index in [1.807, 2.05) is 6.07 Å². The first-order chi connectivity index (χ1) is 6.11. The highest BCUT2D eigenvalue weighted by Crippen LogP contribution is 2.24. The summed E-state index contributed by atoms with van der Waals surface area (Å²) in [5.74, 6) is 0.575. The molecular weight excluding hydrogens is 186 g/mol.